The number of aromatic nitrogens is 2. The molecule has 0 saturated carbocycles. The van der Waals surface area contributed by atoms with Gasteiger partial charge in [-0.05, 0) is 12.8 Å². The van der Waals surface area contributed by atoms with Crippen molar-refractivity contribution in [1.82, 2.24) is 9.36 Å². The fourth-order valence-electron chi connectivity index (χ4n) is 1.70. The van der Waals surface area contributed by atoms with Gasteiger partial charge >= 0.3 is 6.18 Å². The van der Waals surface area contributed by atoms with E-state index in [1.807, 2.05) is 0 Å². The van der Waals surface area contributed by atoms with Gasteiger partial charge < -0.3 is 5.32 Å². The number of sulfone groups is 1. The number of halogens is 3. The van der Waals surface area contributed by atoms with Crippen LogP contribution in [-0.4, -0.2) is 35.3 Å². The van der Waals surface area contributed by atoms with Crippen molar-refractivity contribution in [1.29, 1.82) is 0 Å². The molecule has 1 aromatic heterocycles. The summed E-state index contributed by atoms with van der Waals surface area (Å²) in [5.41, 5.74) is 0. The Bertz CT molecular complexity index is 526. The van der Waals surface area contributed by atoms with Crippen LogP contribution in [0.15, 0.2) is 0 Å². The van der Waals surface area contributed by atoms with Gasteiger partial charge in [-0.15, -0.1) is 0 Å². The maximum Gasteiger partial charge on any atom is 0.452 e. The second-order valence-corrected chi connectivity index (χ2v) is 7.09. The molecule has 1 unspecified atom stereocenters. The summed E-state index contributed by atoms with van der Waals surface area (Å²) in [5.74, 6) is -1.06. The monoisotopic (exact) mass is 301 g/mol. The third kappa shape index (κ3) is 2.91. The highest BCUT2D eigenvalue weighted by Crippen LogP contribution is 2.29. The van der Waals surface area contributed by atoms with Crippen molar-refractivity contribution in [3.05, 3.63) is 5.82 Å². The number of anilines is 1. The average molecular weight is 301 g/mol. The molecule has 1 N–H and O–H groups in total. The molecule has 0 spiro atoms. The standard InChI is InChI=1S/C8H10F3N3O2S2/c9-8(10,11)6-13-7(17-14-6)12-4-5-2-1-3-18(5,15)16/h5H,1-4H2,(H,12,13,14). The van der Waals surface area contributed by atoms with Crippen molar-refractivity contribution in [3.63, 3.8) is 0 Å². The van der Waals surface area contributed by atoms with E-state index < -0.39 is 27.1 Å². The van der Waals surface area contributed by atoms with E-state index in [9.17, 15) is 21.6 Å². The molecule has 102 valence electrons. The van der Waals surface area contributed by atoms with Crippen molar-refractivity contribution in [2.24, 2.45) is 0 Å². The van der Waals surface area contributed by atoms with E-state index in [1.165, 1.54) is 0 Å². The van der Waals surface area contributed by atoms with Gasteiger partial charge in [-0.1, -0.05) is 0 Å². The van der Waals surface area contributed by atoms with E-state index in [0.717, 1.165) is 0 Å². The lowest BCUT2D eigenvalue weighted by Gasteiger charge is -2.08. The van der Waals surface area contributed by atoms with Gasteiger partial charge in [0.25, 0.3) is 0 Å². The zero-order valence-electron chi connectivity index (χ0n) is 9.07. The predicted molar refractivity (Wildman–Crippen MR) is 60.2 cm³/mol. The molecular weight excluding hydrogens is 291 g/mol. The van der Waals surface area contributed by atoms with Gasteiger partial charge in [0.05, 0.1) is 11.0 Å². The summed E-state index contributed by atoms with van der Waals surface area (Å²) in [4.78, 5) is 3.27. The van der Waals surface area contributed by atoms with Crippen LogP contribution in [0, 0.1) is 0 Å². The van der Waals surface area contributed by atoms with Crippen molar-refractivity contribution in [2.45, 2.75) is 24.3 Å². The average Bonchev–Trinajstić information content (AvgIpc) is 2.80. The van der Waals surface area contributed by atoms with E-state index >= 15 is 0 Å². The Balaban J connectivity index is 1.97. The molecule has 0 bridgehead atoms. The fourth-order valence-corrected chi connectivity index (χ4v) is 4.06. The van der Waals surface area contributed by atoms with Crippen LogP contribution in [0.2, 0.25) is 0 Å². The summed E-state index contributed by atoms with van der Waals surface area (Å²) in [7, 11) is -3.11. The maximum absolute atomic E-state index is 12.2. The van der Waals surface area contributed by atoms with Crippen LogP contribution in [-0.2, 0) is 16.0 Å². The normalized spacial score (nSPS) is 23.2. The molecule has 0 aliphatic carbocycles. The lowest BCUT2D eigenvalue weighted by atomic mass is 10.2. The zero-order valence-corrected chi connectivity index (χ0v) is 10.7. The Morgan fingerprint density at radius 3 is 2.67 bits per heavy atom. The molecule has 2 heterocycles. The minimum Gasteiger partial charge on any atom is -0.359 e. The Morgan fingerprint density at radius 2 is 2.17 bits per heavy atom. The lowest BCUT2D eigenvalue weighted by Crippen LogP contribution is -2.25. The Hall–Kier alpha value is -0.900. The number of nitrogens with one attached hydrogen (secondary N) is 1. The van der Waals surface area contributed by atoms with Gasteiger partial charge in [-0.3, -0.25) is 0 Å². The summed E-state index contributed by atoms with van der Waals surface area (Å²) >= 11 is 0.573. The second kappa shape index (κ2) is 4.65. The Labute approximate surface area is 106 Å². The molecule has 1 aliphatic heterocycles. The van der Waals surface area contributed by atoms with Crippen molar-refractivity contribution >= 4 is 26.5 Å². The highest BCUT2D eigenvalue weighted by atomic mass is 32.2. The SMILES string of the molecule is O=S1(=O)CCCC1CNc1nc(C(F)(F)F)ns1. The highest BCUT2D eigenvalue weighted by Gasteiger charge is 2.36. The summed E-state index contributed by atoms with van der Waals surface area (Å²) < 4.78 is 62.8. The molecule has 10 heteroatoms. The van der Waals surface area contributed by atoms with Crippen LogP contribution < -0.4 is 5.32 Å². The molecule has 1 atom stereocenters. The summed E-state index contributed by atoms with van der Waals surface area (Å²) in [6, 6.07) is 0. The van der Waals surface area contributed by atoms with Crippen LogP contribution in [0.25, 0.3) is 0 Å². The Kier molecular flexibility index (Phi) is 3.49. The first-order valence-corrected chi connectivity index (χ1v) is 7.64. The van der Waals surface area contributed by atoms with Crippen LogP contribution in [0.3, 0.4) is 0 Å². The Morgan fingerprint density at radius 1 is 1.44 bits per heavy atom. The quantitative estimate of drug-likeness (QED) is 0.917. The predicted octanol–water partition coefficient (Wildman–Crippen LogP) is 1.55. The van der Waals surface area contributed by atoms with Crippen LogP contribution in [0.5, 0.6) is 0 Å². The molecule has 1 aromatic rings. The van der Waals surface area contributed by atoms with Gasteiger partial charge in [0.1, 0.15) is 0 Å². The molecular formula is C8H10F3N3O2S2. The van der Waals surface area contributed by atoms with Gasteiger partial charge in [0, 0.05) is 18.1 Å². The van der Waals surface area contributed by atoms with Crippen molar-refractivity contribution in [2.75, 3.05) is 17.6 Å². The number of hydrogen-bond donors (Lipinski definition) is 1. The van der Waals surface area contributed by atoms with E-state index in [-0.39, 0.29) is 17.4 Å². The second-order valence-electron chi connectivity index (χ2n) is 3.93. The summed E-state index contributed by atoms with van der Waals surface area (Å²) in [6.45, 7) is 0.0782. The summed E-state index contributed by atoms with van der Waals surface area (Å²) in [5, 5.41) is 2.05. The lowest BCUT2D eigenvalue weighted by molar-refractivity contribution is -0.144. The number of rotatable bonds is 3. The van der Waals surface area contributed by atoms with Gasteiger partial charge in [-0.2, -0.15) is 22.5 Å². The van der Waals surface area contributed by atoms with E-state index in [4.69, 9.17) is 0 Å². The van der Waals surface area contributed by atoms with Crippen LogP contribution >= 0.6 is 11.5 Å². The van der Waals surface area contributed by atoms with E-state index in [1.54, 1.807) is 0 Å². The first kappa shape index (κ1) is 13.5. The molecule has 1 saturated heterocycles. The largest absolute Gasteiger partial charge is 0.452 e. The van der Waals surface area contributed by atoms with Crippen LogP contribution in [0.1, 0.15) is 18.7 Å². The van der Waals surface area contributed by atoms with E-state index in [2.05, 4.69) is 14.7 Å². The minimum absolute atomic E-state index is 0.00979. The van der Waals surface area contributed by atoms with Crippen molar-refractivity contribution < 1.29 is 21.6 Å². The van der Waals surface area contributed by atoms with Gasteiger partial charge in [0.15, 0.2) is 9.84 Å². The smallest absolute Gasteiger partial charge is 0.359 e. The molecule has 1 fully saturated rings. The fraction of sp³-hybridized carbons (Fsp3) is 0.750. The molecule has 18 heavy (non-hydrogen) atoms. The number of hydrogen-bond acceptors (Lipinski definition) is 6. The van der Waals surface area contributed by atoms with E-state index in [0.29, 0.717) is 24.4 Å². The zero-order chi connectivity index (χ0) is 13.4. The van der Waals surface area contributed by atoms with Gasteiger partial charge in [0.2, 0.25) is 11.0 Å². The van der Waals surface area contributed by atoms with Crippen LogP contribution in [0.4, 0.5) is 18.3 Å². The number of nitrogens with zero attached hydrogens (tertiary/aromatic N) is 2. The maximum atomic E-state index is 12.2. The molecule has 2 rings (SSSR count). The summed E-state index contributed by atoms with van der Waals surface area (Å²) in [6.07, 6.45) is -3.45. The van der Waals surface area contributed by atoms with Crippen molar-refractivity contribution in [3.8, 4) is 0 Å². The number of alkyl halides is 3. The molecule has 1 aliphatic rings. The first-order chi connectivity index (χ1) is 8.29. The highest BCUT2D eigenvalue weighted by molar-refractivity contribution is 7.92. The first-order valence-electron chi connectivity index (χ1n) is 5.15. The third-order valence-corrected chi connectivity index (χ3v) is 5.57. The minimum atomic E-state index is -4.57. The molecule has 5 nitrogen and oxygen atoms in total. The van der Waals surface area contributed by atoms with Gasteiger partial charge in [-0.25, -0.2) is 8.42 Å². The molecule has 0 radical (unpaired) electrons. The molecule has 0 amide bonds. The topological polar surface area (TPSA) is 72.0 Å². The third-order valence-electron chi connectivity index (χ3n) is 2.62. The molecule has 0 aromatic carbocycles.